The SMILES string of the molecule is CC(=O)NC(C(=O)NCC(O)c1c(F)cccc1F)C(C)C. The van der Waals surface area contributed by atoms with E-state index in [1.54, 1.807) is 13.8 Å². The van der Waals surface area contributed by atoms with Gasteiger partial charge in [0.1, 0.15) is 23.8 Å². The molecule has 0 aliphatic carbocycles. The van der Waals surface area contributed by atoms with Crippen LogP contribution in [0.5, 0.6) is 0 Å². The summed E-state index contributed by atoms with van der Waals surface area (Å²) in [6.45, 7) is 4.41. The fourth-order valence-corrected chi connectivity index (χ4v) is 1.99. The highest BCUT2D eigenvalue weighted by Crippen LogP contribution is 2.20. The maximum Gasteiger partial charge on any atom is 0.242 e. The number of carbonyl (C=O) groups excluding carboxylic acids is 2. The van der Waals surface area contributed by atoms with Gasteiger partial charge < -0.3 is 15.7 Å². The molecule has 0 saturated heterocycles. The minimum Gasteiger partial charge on any atom is -0.386 e. The average Bonchev–Trinajstić information content (AvgIpc) is 2.41. The predicted molar refractivity (Wildman–Crippen MR) is 76.8 cm³/mol. The number of hydrogen-bond donors (Lipinski definition) is 3. The molecule has 2 unspecified atom stereocenters. The molecule has 0 spiro atoms. The lowest BCUT2D eigenvalue weighted by Gasteiger charge is -2.22. The summed E-state index contributed by atoms with van der Waals surface area (Å²) in [5.41, 5.74) is -0.497. The zero-order valence-electron chi connectivity index (χ0n) is 12.7. The number of nitrogens with one attached hydrogen (secondary N) is 2. The Morgan fingerprint density at radius 2 is 1.77 bits per heavy atom. The van der Waals surface area contributed by atoms with Crippen molar-refractivity contribution in [2.45, 2.75) is 32.9 Å². The van der Waals surface area contributed by atoms with Gasteiger partial charge in [0.05, 0.1) is 5.56 Å². The van der Waals surface area contributed by atoms with E-state index in [1.165, 1.54) is 13.0 Å². The molecule has 0 saturated carbocycles. The largest absolute Gasteiger partial charge is 0.386 e. The van der Waals surface area contributed by atoms with Crippen LogP contribution in [0.2, 0.25) is 0 Å². The van der Waals surface area contributed by atoms with Crippen molar-refractivity contribution >= 4 is 11.8 Å². The van der Waals surface area contributed by atoms with Gasteiger partial charge in [0.15, 0.2) is 0 Å². The Bertz CT molecular complexity index is 529. The third-order valence-corrected chi connectivity index (χ3v) is 3.11. The zero-order valence-corrected chi connectivity index (χ0v) is 12.7. The van der Waals surface area contributed by atoms with E-state index in [2.05, 4.69) is 10.6 Å². The lowest BCUT2D eigenvalue weighted by Crippen LogP contribution is -2.49. The summed E-state index contributed by atoms with van der Waals surface area (Å²) in [5.74, 6) is -2.84. The van der Waals surface area contributed by atoms with Crippen molar-refractivity contribution in [3.63, 3.8) is 0 Å². The number of rotatable bonds is 6. The Kier molecular flexibility index (Phi) is 6.42. The van der Waals surface area contributed by atoms with Crippen LogP contribution in [0.1, 0.15) is 32.4 Å². The Morgan fingerprint density at radius 1 is 1.23 bits per heavy atom. The molecule has 1 aromatic rings. The van der Waals surface area contributed by atoms with Gasteiger partial charge in [-0.05, 0) is 18.1 Å². The van der Waals surface area contributed by atoms with Crippen molar-refractivity contribution in [3.8, 4) is 0 Å². The highest BCUT2D eigenvalue weighted by atomic mass is 19.1. The van der Waals surface area contributed by atoms with Gasteiger partial charge in [-0.25, -0.2) is 8.78 Å². The molecular weight excluding hydrogens is 294 g/mol. The first-order chi connectivity index (χ1) is 10.2. The van der Waals surface area contributed by atoms with Crippen molar-refractivity contribution in [2.75, 3.05) is 6.54 Å². The van der Waals surface area contributed by atoms with Crippen LogP contribution in [0, 0.1) is 17.6 Å². The van der Waals surface area contributed by atoms with Gasteiger partial charge in [0.2, 0.25) is 11.8 Å². The summed E-state index contributed by atoms with van der Waals surface area (Å²) in [4.78, 5) is 23.1. The van der Waals surface area contributed by atoms with Crippen molar-refractivity contribution < 1.29 is 23.5 Å². The number of benzene rings is 1. The highest BCUT2D eigenvalue weighted by Gasteiger charge is 2.24. The lowest BCUT2D eigenvalue weighted by atomic mass is 10.0. The molecular formula is C15H20F2N2O3. The summed E-state index contributed by atoms with van der Waals surface area (Å²) in [6.07, 6.45) is -1.52. The normalized spacial score (nSPS) is 13.6. The quantitative estimate of drug-likeness (QED) is 0.740. The predicted octanol–water partition coefficient (Wildman–Crippen LogP) is 1.28. The first kappa shape index (κ1) is 18.0. The van der Waals surface area contributed by atoms with Gasteiger partial charge >= 0.3 is 0 Å². The molecule has 2 atom stereocenters. The van der Waals surface area contributed by atoms with E-state index in [1.807, 2.05) is 0 Å². The molecule has 122 valence electrons. The number of hydrogen-bond acceptors (Lipinski definition) is 3. The van der Waals surface area contributed by atoms with E-state index in [0.29, 0.717) is 0 Å². The molecule has 0 aromatic heterocycles. The molecule has 0 heterocycles. The highest BCUT2D eigenvalue weighted by molar-refractivity contribution is 5.87. The Hall–Kier alpha value is -2.02. The van der Waals surface area contributed by atoms with Crippen LogP contribution in [0.25, 0.3) is 0 Å². The van der Waals surface area contributed by atoms with Crippen LogP contribution in [-0.2, 0) is 9.59 Å². The summed E-state index contributed by atoms with van der Waals surface area (Å²) in [6, 6.07) is 2.45. The summed E-state index contributed by atoms with van der Waals surface area (Å²) in [7, 11) is 0. The molecule has 2 amide bonds. The second kappa shape index (κ2) is 7.84. The molecule has 1 rings (SSSR count). The Balaban J connectivity index is 2.71. The fraction of sp³-hybridized carbons (Fsp3) is 0.467. The zero-order chi connectivity index (χ0) is 16.9. The summed E-state index contributed by atoms with van der Waals surface area (Å²) in [5, 5.41) is 14.7. The maximum atomic E-state index is 13.5. The number of carbonyl (C=O) groups is 2. The van der Waals surface area contributed by atoms with E-state index in [9.17, 15) is 23.5 Å². The number of aliphatic hydroxyl groups excluding tert-OH is 1. The number of amides is 2. The lowest BCUT2D eigenvalue weighted by molar-refractivity contribution is -0.129. The van der Waals surface area contributed by atoms with Crippen LogP contribution in [-0.4, -0.2) is 29.5 Å². The fourth-order valence-electron chi connectivity index (χ4n) is 1.99. The second-order valence-corrected chi connectivity index (χ2v) is 5.32. The minimum atomic E-state index is -1.52. The molecule has 0 aliphatic rings. The molecule has 22 heavy (non-hydrogen) atoms. The first-order valence-electron chi connectivity index (χ1n) is 6.90. The van der Waals surface area contributed by atoms with Crippen molar-refractivity contribution in [1.29, 1.82) is 0 Å². The van der Waals surface area contributed by atoms with Crippen molar-refractivity contribution in [3.05, 3.63) is 35.4 Å². The molecule has 0 radical (unpaired) electrons. The van der Waals surface area contributed by atoms with Gasteiger partial charge in [-0.2, -0.15) is 0 Å². The summed E-state index contributed by atoms with van der Waals surface area (Å²) >= 11 is 0. The van der Waals surface area contributed by atoms with Crippen LogP contribution in [0.4, 0.5) is 8.78 Å². The maximum absolute atomic E-state index is 13.5. The Labute approximate surface area is 127 Å². The second-order valence-electron chi connectivity index (χ2n) is 5.32. The molecule has 7 heteroatoms. The van der Waals surface area contributed by atoms with Gasteiger partial charge in [-0.15, -0.1) is 0 Å². The minimum absolute atomic E-state index is 0.175. The monoisotopic (exact) mass is 314 g/mol. The number of halogens is 2. The molecule has 0 bridgehead atoms. The van der Waals surface area contributed by atoms with Crippen molar-refractivity contribution in [1.82, 2.24) is 10.6 Å². The molecule has 0 fully saturated rings. The average molecular weight is 314 g/mol. The molecule has 0 aliphatic heterocycles. The Morgan fingerprint density at radius 3 is 2.23 bits per heavy atom. The summed E-state index contributed by atoms with van der Waals surface area (Å²) < 4.78 is 27.0. The van der Waals surface area contributed by atoms with E-state index in [-0.39, 0.29) is 18.4 Å². The van der Waals surface area contributed by atoms with Gasteiger partial charge in [0.25, 0.3) is 0 Å². The van der Waals surface area contributed by atoms with Gasteiger partial charge in [-0.3, -0.25) is 9.59 Å². The van der Waals surface area contributed by atoms with Crippen molar-refractivity contribution in [2.24, 2.45) is 5.92 Å². The van der Waals surface area contributed by atoms with Gasteiger partial charge in [0, 0.05) is 13.5 Å². The van der Waals surface area contributed by atoms with E-state index >= 15 is 0 Å². The molecule has 1 aromatic carbocycles. The number of aliphatic hydroxyl groups is 1. The molecule has 5 nitrogen and oxygen atoms in total. The van der Waals surface area contributed by atoms with Crippen LogP contribution in [0.15, 0.2) is 18.2 Å². The smallest absolute Gasteiger partial charge is 0.242 e. The van der Waals surface area contributed by atoms with Crippen LogP contribution >= 0.6 is 0 Å². The standard InChI is InChI=1S/C15H20F2N2O3/c1-8(2)14(19-9(3)20)15(22)18-7-12(21)13-10(16)5-4-6-11(13)17/h4-6,8,12,14,21H,7H2,1-3H3,(H,18,22)(H,19,20). The van der Waals surface area contributed by atoms with E-state index in [0.717, 1.165) is 12.1 Å². The van der Waals surface area contributed by atoms with Crippen LogP contribution in [0.3, 0.4) is 0 Å². The van der Waals surface area contributed by atoms with E-state index < -0.39 is 35.3 Å². The van der Waals surface area contributed by atoms with Gasteiger partial charge in [-0.1, -0.05) is 19.9 Å². The van der Waals surface area contributed by atoms with E-state index in [4.69, 9.17) is 0 Å². The van der Waals surface area contributed by atoms with Crippen LogP contribution < -0.4 is 10.6 Å². The first-order valence-corrected chi connectivity index (χ1v) is 6.90. The third kappa shape index (κ3) is 4.77. The third-order valence-electron chi connectivity index (χ3n) is 3.11. The topological polar surface area (TPSA) is 78.4 Å². The molecule has 3 N–H and O–H groups in total.